The van der Waals surface area contributed by atoms with E-state index in [0.717, 1.165) is 16.9 Å². The highest BCUT2D eigenvalue weighted by Gasteiger charge is 2.48. The third kappa shape index (κ3) is 8.28. The first-order chi connectivity index (χ1) is 26.5. The number of alkyl carbamates (subject to hydrolysis) is 1. The van der Waals surface area contributed by atoms with Crippen molar-refractivity contribution in [1.29, 1.82) is 0 Å². The van der Waals surface area contributed by atoms with Crippen molar-refractivity contribution < 1.29 is 62.6 Å². The Balaban J connectivity index is 1.06. The Bertz CT molecular complexity index is 2120. The maximum atomic E-state index is 13.7. The molecule has 3 aromatic rings. The van der Waals surface area contributed by atoms with Gasteiger partial charge in [-0.2, -0.15) is 0 Å². The summed E-state index contributed by atoms with van der Waals surface area (Å²) in [4.78, 5) is 68.3. The molecule has 0 aliphatic carbocycles. The quantitative estimate of drug-likeness (QED) is 0.170. The summed E-state index contributed by atoms with van der Waals surface area (Å²) in [5, 5.41) is 21.8. The lowest BCUT2D eigenvalue weighted by Gasteiger charge is -2.28. The molecule has 0 aromatic heterocycles. The van der Waals surface area contributed by atoms with Gasteiger partial charge in [-0.15, -0.1) is 6.42 Å². The van der Waals surface area contributed by atoms with Gasteiger partial charge in [0, 0.05) is 37.0 Å². The van der Waals surface area contributed by atoms with Gasteiger partial charge in [0.25, 0.3) is 12.2 Å². The van der Waals surface area contributed by atoms with Gasteiger partial charge < -0.3 is 48.9 Å². The molecule has 0 saturated carbocycles. The van der Waals surface area contributed by atoms with Crippen molar-refractivity contribution in [3.05, 3.63) is 83.1 Å². The zero-order valence-corrected chi connectivity index (χ0v) is 29.6. The van der Waals surface area contributed by atoms with E-state index in [1.807, 2.05) is 30.5 Å². The van der Waals surface area contributed by atoms with Crippen LogP contribution in [-0.2, 0) is 36.9 Å². The zero-order valence-electron chi connectivity index (χ0n) is 29.6. The number of methoxy groups -OCH3 is 2. The normalized spacial score (nSPS) is 20.0. The van der Waals surface area contributed by atoms with E-state index in [2.05, 4.69) is 16.2 Å². The van der Waals surface area contributed by atoms with E-state index in [1.165, 1.54) is 25.3 Å². The van der Waals surface area contributed by atoms with Gasteiger partial charge in [-0.3, -0.25) is 19.4 Å². The van der Waals surface area contributed by atoms with Crippen LogP contribution in [0.2, 0.25) is 0 Å². The van der Waals surface area contributed by atoms with Crippen molar-refractivity contribution in [1.82, 2.24) is 10.2 Å². The van der Waals surface area contributed by atoms with E-state index in [-0.39, 0.29) is 43.2 Å². The monoisotopic (exact) mass is 753 g/mol. The lowest BCUT2D eigenvalue weighted by Crippen LogP contribution is -2.56. The SMILES string of the molecule is C#CCOc1cc(O[C@@H]2O[C@H](C(=O)O)C(=O)[C@H](O)C2=O)ccc1COC(=O)NCCc1cc2c(cc1OC)C(=O)N1C=C(c3ccc(OC)cc3)CC1C=N2. The van der Waals surface area contributed by atoms with E-state index < -0.39 is 42.1 Å². The van der Waals surface area contributed by atoms with Crippen LogP contribution in [0, 0.1) is 12.3 Å². The first-order valence-electron chi connectivity index (χ1n) is 16.8. The maximum Gasteiger partial charge on any atom is 0.407 e. The number of carboxylic acids is 1. The standard InChI is InChI=1S/C39H35N3O13/c1-4-13-52-31-16-27(54-38-34(45)32(43)33(44)35(55-38)37(47)48)10-7-23(31)20-53-39(49)40-12-11-22-15-29-28(17-30(22)51-3)36(46)42-19-24(14-25(42)18-41-29)21-5-8-26(50-2)9-6-21/h1,5-10,15-19,25,32,35,38,43H,11-14,20H2,2-3H3,(H,40,49)(H,47,48)/t25?,32-,35-,38+/m0/s1. The van der Waals surface area contributed by atoms with Crippen LogP contribution in [0.15, 0.2) is 65.8 Å². The number of fused-ring (bicyclic) bond motifs is 2. The zero-order chi connectivity index (χ0) is 39.2. The van der Waals surface area contributed by atoms with E-state index in [9.17, 15) is 34.2 Å². The topological polar surface area (TPSA) is 209 Å². The Morgan fingerprint density at radius 2 is 1.76 bits per heavy atom. The summed E-state index contributed by atoms with van der Waals surface area (Å²) in [5.74, 6) is -0.864. The van der Waals surface area contributed by atoms with Gasteiger partial charge >= 0.3 is 12.1 Å². The predicted molar refractivity (Wildman–Crippen MR) is 192 cm³/mol. The Kier molecular flexibility index (Phi) is 11.4. The molecule has 284 valence electrons. The van der Waals surface area contributed by atoms with Crippen LogP contribution in [0.4, 0.5) is 10.5 Å². The molecular weight excluding hydrogens is 718 g/mol. The number of amides is 2. The van der Waals surface area contributed by atoms with E-state index in [0.29, 0.717) is 41.0 Å². The fourth-order valence-corrected chi connectivity index (χ4v) is 6.09. The Morgan fingerprint density at radius 1 is 1.00 bits per heavy atom. The van der Waals surface area contributed by atoms with Gasteiger partial charge in [0.2, 0.25) is 17.7 Å². The molecule has 1 saturated heterocycles. The molecule has 3 N–H and O–H groups in total. The number of aliphatic hydroxyl groups excluding tert-OH is 1. The second-order valence-corrected chi connectivity index (χ2v) is 12.4. The minimum atomic E-state index is -2.24. The first-order valence-corrected chi connectivity index (χ1v) is 16.8. The molecule has 0 bridgehead atoms. The van der Waals surface area contributed by atoms with E-state index >= 15 is 0 Å². The van der Waals surface area contributed by atoms with Crippen LogP contribution < -0.4 is 24.3 Å². The van der Waals surface area contributed by atoms with Crippen molar-refractivity contribution in [2.24, 2.45) is 4.99 Å². The Hall–Kier alpha value is -6.70. The highest BCUT2D eigenvalue weighted by Crippen LogP contribution is 2.37. The summed E-state index contributed by atoms with van der Waals surface area (Å²) >= 11 is 0. The smallest absolute Gasteiger partial charge is 0.407 e. The van der Waals surface area contributed by atoms with Crippen LogP contribution in [0.5, 0.6) is 23.0 Å². The molecule has 3 heterocycles. The van der Waals surface area contributed by atoms with Crippen LogP contribution in [-0.4, -0.2) is 103 Å². The molecule has 6 rings (SSSR count). The molecule has 3 aliphatic heterocycles. The molecule has 2 amide bonds. The second kappa shape index (κ2) is 16.5. The van der Waals surface area contributed by atoms with Crippen molar-refractivity contribution in [2.75, 3.05) is 27.4 Å². The van der Waals surface area contributed by atoms with Gasteiger partial charge in [-0.05, 0) is 59.5 Å². The van der Waals surface area contributed by atoms with E-state index in [1.54, 1.807) is 30.4 Å². The number of aliphatic imine (C=N–C) groups is 1. The molecule has 0 spiro atoms. The summed E-state index contributed by atoms with van der Waals surface area (Å²) < 4.78 is 32.2. The fourth-order valence-electron chi connectivity index (χ4n) is 6.09. The summed E-state index contributed by atoms with van der Waals surface area (Å²) in [7, 11) is 3.10. The predicted octanol–water partition coefficient (Wildman–Crippen LogP) is 2.84. The van der Waals surface area contributed by atoms with Gasteiger partial charge in [-0.25, -0.2) is 9.59 Å². The summed E-state index contributed by atoms with van der Waals surface area (Å²) in [5.41, 5.74) is 3.91. The number of terminal acetylenes is 1. The molecule has 1 unspecified atom stereocenters. The number of aliphatic carboxylic acids is 1. The number of hydrogen-bond acceptors (Lipinski definition) is 13. The highest BCUT2D eigenvalue weighted by molar-refractivity contribution is 6.16. The highest BCUT2D eigenvalue weighted by atomic mass is 16.7. The number of hydrogen-bond donors (Lipinski definition) is 3. The van der Waals surface area contributed by atoms with Crippen molar-refractivity contribution in [3.63, 3.8) is 0 Å². The Labute approximate surface area is 314 Å². The van der Waals surface area contributed by atoms with Crippen molar-refractivity contribution in [2.45, 2.75) is 44.0 Å². The number of nitrogens with zero attached hydrogens (tertiary/aromatic N) is 2. The number of carbonyl (C=O) groups excluding carboxylic acids is 4. The lowest BCUT2D eigenvalue weighted by atomic mass is 10.0. The first kappa shape index (κ1) is 38.0. The third-order valence-corrected chi connectivity index (χ3v) is 8.92. The van der Waals surface area contributed by atoms with Gasteiger partial charge in [0.05, 0.1) is 31.5 Å². The number of aliphatic hydroxyl groups is 1. The van der Waals surface area contributed by atoms with E-state index in [4.69, 9.17) is 34.8 Å². The minimum Gasteiger partial charge on any atom is -0.497 e. The largest absolute Gasteiger partial charge is 0.497 e. The number of benzene rings is 3. The van der Waals surface area contributed by atoms with Crippen LogP contribution in [0.1, 0.15) is 33.5 Å². The lowest BCUT2D eigenvalue weighted by molar-refractivity contribution is -0.196. The molecule has 3 aliphatic rings. The maximum absolute atomic E-state index is 13.7. The average Bonchev–Trinajstić information content (AvgIpc) is 3.58. The van der Waals surface area contributed by atoms with Crippen LogP contribution in [0.3, 0.4) is 0 Å². The number of Topliss-reactive ketones (excluding diaryl/α,β-unsaturated/α-hetero) is 2. The summed E-state index contributed by atoms with van der Waals surface area (Å²) in [6.07, 6.45) is 2.85. The van der Waals surface area contributed by atoms with Gasteiger partial charge in [0.15, 0.2) is 6.10 Å². The molecule has 4 atom stereocenters. The molecule has 16 nitrogen and oxygen atoms in total. The number of carboxylic acid groups (broad SMARTS) is 1. The second-order valence-electron chi connectivity index (χ2n) is 12.4. The minimum absolute atomic E-state index is 0.0554. The summed E-state index contributed by atoms with van der Waals surface area (Å²) in [6.45, 7) is -0.318. The average molecular weight is 754 g/mol. The molecular formula is C39H35N3O13. The molecule has 55 heavy (non-hydrogen) atoms. The van der Waals surface area contributed by atoms with Crippen LogP contribution in [0.25, 0.3) is 5.57 Å². The van der Waals surface area contributed by atoms with Crippen molar-refractivity contribution >= 4 is 47.0 Å². The number of rotatable bonds is 13. The van der Waals surface area contributed by atoms with Crippen molar-refractivity contribution in [3.8, 4) is 35.3 Å². The number of carbonyl (C=O) groups is 5. The number of nitrogens with one attached hydrogen (secondary N) is 1. The van der Waals surface area contributed by atoms with Crippen LogP contribution >= 0.6 is 0 Å². The Morgan fingerprint density at radius 3 is 2.47 bits per heavy atom. The molecule has 0 radical (unpaired) electrons. The molecule has 3 aromatic carbocycles. The molecule has 1 fully saturated rings. The summed E-state index contributed by atoms with van der Waals surface area (Å²) in [6, 6.07) is 14.9. The number of ether oxygens (including phenoxy) is 6. The van der Waals surface area contributed by atoms with Gasteiger partial charge in [-0.1, -0.05) is 18.1 Å². The third-order valence-electron chi connectivity index (χ3n) is 8.92. The van der Waals surface area contributed by atoms with Gasteiger partial charge in [0.1, 0.15) is 36.2 Å². The number of ketones is 2. The fraction of sp³-hybridized carbons (Fsp3) is 0.282. The molecule has 16 heteroatoms.